The Labute approximate surface area is 116 Å². The summed E-state index contributed by atoms with van der Waals surface area (Å²) in [6.45, 7) is 5.96. The molecule has 0 radical (unpaired) electrons. The summed E-state index contributed by atoms with van der Waals surface area (Å²) in [6.07, 6.45) is 5.76. The Kier molecular flexibility index (Phi) is 2.83. The van der Waals surface area contributed by atoms with Crippen molar-refractivity contribution in [1.82, 2.24) is 24.4 Å². The Balaban J connectivity index is 1.87. The normalized spacial score (nSPS) is 12.2. The molecule has 0 amide bonds. The fraction of sp³-hybridized carbons (Fsp3) is 0.357. The molecule has 0 fully saturated rings. The predicted octanol–water partition coefficient (Wildman–Crippen LogP) is 1.51. The molecule has 0 aliphatic rings. The third-order valence-corrected chi connectivity index (χ3v) is 3.14. The first kappa shape index (κ1) is 12.8. The van der Waals surface area contributed by atoms with Crippen LogP contribution < -0.4 is 0 Å². The van der Waals surface area contributed by atoms with E-state index in [4.69, 9.17) is 0 Å². The lowest BCUT2D eigenvalue weighted by Crippen LogP contribution is -2.15. The van der Waals surface area contributed by atoms with Gasteiger partial charge in [0.05, 0.1) is 18.4 Å². The number of rotatable bonds is 3. The molecule has 0 unspecified atom stereocenters. The van der Waals surface area contributed by atoms with Crippen LogP contribution >= 0.6 is 0 Å². The summed E-state index contributed by atoms with van der Waals surface area (Å²) < 4.78 is 3.68. The molecule has 0 bridgehead atoms. The number of hydrogen-bond donors (Lipinski definition) is 1. The van der Waals surface area contributed by atoms with Crippen molar-refractivity contribution < 1.29 is 5.11 Å². The molecule has 6 heteroatoms. The van der Waals surface area contributed by atoms with E-state index in [0.29, 0.717) is 12.2 Å². The first-order valence-electron chi connectivity index (χ1n) is 6.49. The van der Waals surface area contributed by atoms with Gasteiger partial charge in [-0.3, -0.25) is 0 Å². The number of nitrogens with zero attached hydrogens (tertiary/aromatic N) is 5. The van der Waals surface area contributed by atoms with E-state index in [2.05, 4.69) is 15.3 Å². The minimum Gasteiger partial charge on any atom is -0.384 e. The van der Waals surface area contributed by atoms with E-state index in [1.165, 1.54) is 5.56 Å². The van der Waals surface area contributed by atoms with Crippen molar-refractivity contribution in [3.05, 3.63) is 47.7 Å². The highest BCUT2D eigenvalue weighted by atomic mass is 16.3. The van der Waals surface area contributed by atoms with Crippen LogP contribution in [0.4, 0.5) is 0 Å². The van der Waals surface area contributed by atoms with Gasteiger partial charge >= 0.3 is 0 Å². The average Bonchev–Trinajstić information content (AvgIpc) is 2.94. The van der Waals surface area contributed by atoms with Crippen LogP contribution in [0.15, 0.2) is 30.7 Å². The highest BCUT2D eigenvalue weighted by molar-refractivity contribution is 5.41. The maximum Gasteiger partial charge on any atom is 0.137 e. The van der Waals surface area contributed by atoms with Crippen molar-refractivity contribution in [2.24, 2.45) is 0 Å². The number of aliphatic hydroxyl groups is 1. The van der Waals surface area contributed by atoms with E-state index in [0.717, 1.165) is 11.3 Å². The maximum absolute atomic E-state index is 9.88. The van der Waals surface area contributed by atoms with Crippen molar-refractivity contribution in [3.63, 3.8) is 0 Å². The summed E-state index contributed by atoms with van der Waals surface area (Å²) in [4.78, 5) is 4.53. The molecule has 104 valence electrons. The minimum atomic E-state index is -0.978. The number of pyridine rings is 1. The van der Waals surface area contributed by atoms with E-state index >= 15 is 0 Å². The fourth-order valence-electron chi connectivity index (χ4n) is 2.05. The van der Waals surface area contributed by atoms with Crippen molar-refractivity contribution in [2.45, 2.75) is 32.9 Å². The zero-order valence-corrected chi connectivity index (χ0v) is 11.8. The van der Waals surface area contributed by atoms with Gasteiger partial charge in [-0.05, 0) is 32.4 Å². The van der Waals surface area contributed by atoms with Crippen LogP contribution in [0.3, 0.4) is 0 Å². The van der Waals surface area contributed by atoms with Gasteiger partial charge in [-0.15, -0.1) is 5.10 Å². The zero-order chi connectivity index (χ0) is 14.3. The second-order valence-corrected chi connectivity index (χ2v) is 5.56. The second kappa shape index (κ2) is 4.42. The summed E-state index contributed by atoms with van der Waals surface area (Å²) in [5.74, 6) is 0. The van der Waals surface area contributed by atoms with Crippen molar-refractivity contribution in [2.75, 3.05) is 0 Å². The minimum absolute atomic E-state index is 0.532. The van der Waals surface area contributed by atoms with Crippen molar-refractivity contribution >= 4 is 5.65 Å². The standard InChI is InChI=1S/C14H17N5O/c1-10-4-5-13-15-11(7-18(13)6-10)8-19-9-12(16-17-19)14(2,3)20/h4-7,9,20H,8H2,1-3H3. The van der Waals surface area contributed by atoms with Crippen LogP contribution in [-0.4, -0.2) is 29.5 Å². The summed E-state index contributed by atoms with van der Waals surface area (Å²) in [6, 6.07) is 4.02. The summed E-state index contributed by atoms with van der Waals surface area (Å²) >= 11 is 0. The molecule has 1 N–H and O–H groups in total. The largest absolute Gasteiger partial charge is 0.384 e. The zero-order valence-electron chi connectivity index (χ0n) is 11.8. The van der Waals surface area contributed by atoms with Gasteiger partial charge in [0.1, 0.15) is 16.9 Å². The van der Waals surface area contributed by atoms with Crippen molar-refractivity contribution in [1.29, 1.82) is 0 Å². The van der Waals surface area contributed by atoms with Gasteiger partial charge in [0.25, 0.3) is 0 Å². The topological polar surface area (TPSA) is 68.2 Å². The van der Waals surface area contributed by atoms with Crippen LogP contribution in [0.25, 0.3) is 5.65 Å². The maximum atomic E-state index is 9.88. The number of aromatic nitrogens is 5. The summed E-state index contributed by atoms with van der Waals surface area (Å²) in [5, 5.41) is 17.9. The summed E-state index contributed by atoms with van der Waals surface area (Å²) in [5.41, 5.74) is 2.58. The molecule has 0 saturated heterocycles. The van der Waals surface area contributed by atoms with Crippen LogP contribution in [0.2, 0.25) is 0 Å². The predicted molar refractivity (Wildman–Crippen MR) is 74.3 cm³/mol. The number of aryl methyl sites for hydroxylation is 1. The molecule has 3 heterocycles. The molecule has 0 saturated carbocycles. The van der Waals surface area contributed by atoms with Gasteiger partial charge in [0.2, 0.25) is 0 Å². The van der Waals surface area contributed by atoms with Crippen LogP contribution in [0.5, 0.6) is 0 Å². The molecular weight excluding hydrogens is 254 g/mol. The molecule has 3 aromatic rings. The Morgan fingerprint density at radius 2 is 2.00 bits per heavy atom. The third kappa shape index (κ3) is 2.42. The van der Waals surface area contributed by atoms with Crippen LogP contribution in [-0.2, 0) is 12.1 Å². The van der Waals surface area contributed by atoms with Gasteiger partial charge in [0.15, 0.2) is 0 Å². The van der Waals surface area contributed by atoms with Gasteiger partial charge in [0, 0.05) is 12.4 Å². The Morgan fingerprint density at radius 3 is 2.70 bits per heavy atom. The first-order chi connectivity index (χ1) is 9.41. The molecule has 20 heavy (non-hydrogen) atoms. The molecule has 0 spiro atoms. The molecule has 0 aliphatic heterocycles. The number of imidazole rings is 1. The lowest BCUT2D eigenvalue weighted by atomic mass is 10.1. The van der Waals surface area contributed by atoms with E-state index < -0.39 is 5.60 Å². The lowest BCUT2D eigenvalue weighted by Gasteiger charge is -2.11. The van der Waals surface area contributed by atoms with Crippen LogP contribution in [0, 0.1) is 6.92 Å². The van der Waals surface area contributed by atoms with Gasteiger partial charge in [-0.1, -0.05) is 11.3 Å². The Hall–Kier alpha value is -2.21. The molecule has 3 rings (SSSR count). The van der Waals surface area contributed by atoms with E-state index in [9.17, 15) is 5.11 Å². The highest BCUT2D eigenvalue weighted by Gasteiger charge is 2.20. The molecule has 6 nitrogen and oxygen atoms in total. The monoisotopic (exact) mass is 271 g/mol. The molecule has 3 aromatic heterocycles. The smallest absolute Gasteiger partial charge is 0.137 e. The first-order valence-corrected chi connectivity index (χ1v) is 6.49. The fourth-order valence-corrected chi connectivity index (χ4v) is 2.05. The van der Waals surface area contributed by atoms with E-state index in [-0.39, 0.29) is 0 Å². The molecule has 0 aromatic carbocycles. The van der Waals surface area contributed by atoms with Gasteiger partial charge in [-0.25, -0.2) is 9.67 Å². The molecule has 0 atom stereocenters. The highest BCUT2D eigenvalue weighted by Crippen LogP contribution is 2.16. The molecule has 0 aliphatic carbocycles. The van der Waals surface area contributed by atoms with Crippen molar-refractivity contribution in [3.8, 4) is 0 Å². The Morgan fingerprint density at radius 1 is 1.20 bits per heavy atom. The number of hydrogen-bond acceptors (Lipinski definition) is 4. The number of fused-ring (bicyclic) bond motifs is 1. The third-order valence-electron chi connectivity index (χ3n) is 3.14. The lowest BCUT2D eigenvalue weighted by molar-refractivity contribution is 0.0737. The molecular formula is C14H17N5O. The van der Waals surface area contributed by atoms with E-state index in [1.54, 1.807) is 24.7 Å². The van der Waals surface area contributed by atoms with Gasteiger partial charge < -0.3 is 9.51 Å². The quantitative estimate of drug-likeness (QED) is 0.784. The summed E-state index contributed by atoms with van der Waals surface area (Å²) in [7, 11) is 0. The SMILES string of the molecule is Cc1ccc2nc(Cn3cc(C(C)(C)O)nn3)cn2c1. The second-order valence-electron chi connectivity index (χ2n) is 5.56. The Bertz CT molecular complexity index is 750. The average molecular weight is 271 g/mol. The van der Waals surface area contributed by atoms with Crippen LogP contribution in [0.1, 0.15) is 30.8 Å². The van der Waals surface area contributed by atoms with E-state index in [1.807, 2.05) is 35.9 Å². The van der Waals surface area contributed by atoms with Gasteiger partial charge in [-0.2, -0.15) is 0 Å².